The van der Waals surface area contributed by atoms with Gasteiger partial charge >= 0.3 is 66.3 Å². The van der Waals surface area contributed by atoms with E-state index < -0.39 is 44.6 Å². The predicted octanol–water partition coefficient (Wildman–Crippen LogP) is 5.08. The zero-order chi connectivity index (χ0) is 72.1. The number of aliphatic hydroxyl groups excluding tert-OH is 2. The van der Waals surface area contributed by atoms with Gasteiger partial charge in [-0.05, 0) is 235 Å². The van der Waals surface area contributed by atoms with Gasteiger partial charge in [0.25, 0.3) is 0 Å². The molecule has 0 atom stereocenters. The van der Waals surface area contributed by atoms with Crippen LogP contribution in [0.3, 0.4) is 0 Å². The van der Waals surface area contributed by atoms with Crippen LogP contribution in [0.4, 0.5) is 19.2 Å². The molecule has 5 aromatic heterocycles. The second-order valence-electron chi connectivity index (χ2n) is 26.9. The molecule has 4 saturated heterocycles. The van der Waals surface area contributed by atoms with Crippen molar-refractivity contribution in [3.05, 3.63) is 143 Å². The summed E-state index contributed by atoms with van der Waals surface area (Å²) >= 11 is 24.1. The SMILES string of the molecule is CC(C)(C)OC(=O)N1CC(=O)C1.CC(C)(C)OC(=O)N1CC(Cl)(c2ncc(Br)cc2CO)C1.CC(C)(C)OC(=O)N1CC2(C1)OCc1cc(Br)cnc12.CC(C)(C)OC(=O)N1CC2(C1)OCc1cc(C=O)cnc12.C[CH-]C.Cc1cc(Br)cnc1I.OCc1cc(Br)cnc1I.[Cl-].[Cl-].[Li+].[Mg+2]. The van der Waals surface area contributed by atoms with E-state index in [1.165, 1.54) is 15.4 Å². The molecule has 0 bridgehead atoms. The minimum Gasteiger partial charge on any atom is -1.00 e. The number of halogens is 9. The summed E-state index contributed by atoms with van der Waals surface area (Å²) in [4.78, 5) is 95.0. The van der Waals surface area contributed by atoms with Crippen LogP contribution < -0.4 is 43.7 Å². The number of aryl methyl sites for hydroxylation is 1. The van der Waals surface area contributed by atoms with Gasteiger partial charge in [0, 0.05) is 76.7 Å². The van der Waals surface area contributed by atoms with Crippen molar-refractivity contribution >= 4 is 180 Å². The number of amides is 4. The number of hydrogen-bond acceptors (Lipinski definition) is 19. The molecule has 0 saturated carbocycles. The number of aldehydes is 1. The molecule has 23 nitrogen and oxygen atoms in total. The number of nitrogens with zero attached hydrogens (tertiary/aromatic N) is 9. The number of likely N-dealkylation sites (tertiary alicyclic amines) is 4. The third kappa shape index (κ3) is 28.7. The van der Waals surface area contributed by atoms with E-state index in [0.717, 1.165) is 59.7 Å². The van der Waals surface area contributed by atoms with E-state index in [-0.39, 0.29) is 117 Å². The fourth-order valence-corrected chi connectivity index (χ4v) is 12.1. The van der Waals surface area contributed by atoms with E-state index in [1.807, 2.05) is 102 Å². The Kier molecular flexibility index (Phi) is 39.3. The smallest absolute Gasteiger partial charge is 1.00 e. The van der Waals surface area contributed by atoms with E-state index in [0.29, 0.717) is 69.3 Å². The Morgan fingerprint density at radius 2 is 0.890 bits per heavy atom. The molecule has 0 radical (unpaired) electrons. The maximum absolute atomic E-state index is 12.0. The van der Waals surface area contributed by atoms with Crippen LogP contribution in [0.25, 0.3) is 0 Å². The van der Waals surface area contributed by atoms with E-state index >= 15 is 0 Å². The van der Waals surface area contributed by atoms with Crippen LogP contribution in [0, 0.1) is 20.7 Å². The normalized spacial score (nSPS) is 15.7. The van der Waals surface area contributed by atoms with Crippen LogP contribution in [0.1, 0.15) is 152 Å². The molecule has 5 aromatic rings. The Balaban J connectivity index is 0.000000606. The molecule has 11 heterocycles. The largest absolute Gasteiger partial charge is 2.00 e. The summed E-state index contributed by atoms with van der Waals surface area (Å²) in [6, 6.07) is 9.50. The van der Waals surface area contributed by atoms with Gasteiger partial charge in [0.05, 0.1) is 95.9 Å². The Labute approximate surface area is 692 Å². The van der Waals surface area contributed by atoms with Gasteiger partial charge in [-0.15, -0.1) is 11.6 Å². The molecule has 0 aromatic carbocycles. The summed E-state index contributed by atoms with van der Waals surface area (Å²) in [5, 5.41) is 18.2. The number of Topliss-reactive ketones (excluding diaryl/α,β-unsaturated/α-hetero) is 1. The minimum absolute atomic E-state index is 0. The topological polar surface area (TPSA) is 276 Å². The maximum atomic E-state index is 12.0. The molecule has 6 aliphatic rings. The molecule has 0 unspecified atom stereocenters. The van der Waals surface area contributed by atoms with Crippen LogP contribution >= 0.6 is 121 Å². The molecule has 34 heteroatoms. The summed E-state index contributed by atoms with van der Waals surface area (Å²) in [6.45, 7) is 31.8. The second kappa shape index (κ2) is 41.1. The first-order chi connectivity index (χ1) is 44.5. The first-order valence-corrected chi connectivity index (χ1v) is 35.9. The zero-order valence-corrected chi connectivity index (χ0v) is 73.2. The minimum atomic E-state index is -0.768. The third-order valence-electron chi connectivity index (χ3n) is 13.5. The Bertz CT molecular complexity index is 3590. The van der Waals surface area contributed by atoms with Gasteiger partial charge < -0.3 is 84.6 Å². The third-order valence-corrected chi connectivity index (χ3v) is 17.7. The van der Waals surface area contributed by atoms with Crippen molar-refractivity contribution in [2.75, 3.05) is 52.4 Å². The van der Waals surface area contributed by atoms with E-state index in [2.05, 4.69) is 140 Å². The molecular weight excluding hydrogens is 1850 g/mol. The van der Waals surface area contributed by atoms with Crippen LogP contribution in [-0.4, -0.2) is 189 Å². The molecule has 0 aliphatic carbocycles. The number of pyridine rings is 5. The number of aliphatic hydroxyl groups is 2. The quantitative estimate of drug-likeness (QED) is 0.0452. The van der Waals surface area contributed by atoms with E-state index in [9.17, 15) is 33.9 Å². The molecule has 2 spiro atoms. The fraction of sp³-hybridized carbons (Fsp3) is 0.515. The van der Waals surface area contributed by atoms with Crippen molar-refractivity contribution in [3.8, 4) is 0 Å². The second-order valence-corrected chi connectivity index (χ2v) is 33.3. The Morgan fingerprint density at radius 3 is 1.25 bits per heavy atom. The Hall–Kier alpha value is -2.38. The summed E-state index contributed by atoms with van der Waals surface area (Å²) in [7, 11) is 0. The molecule has 100 heavy (non-hydrogen) atoms. The van der Waals surface area contributed by atoms with Crippen LogP contribution in [0.2, 0.25) is 0 Å². The number of ketones is 1. The van der Waals surface area contributed by atoms with Crippen LogP contribution in [0.5, 0.6) is 0 Å². The van der Waals surface area contributed by atoms with E-state index in [1.54, 1.807) is 73.7 Å². The van der Waals surface area contributed by atoms with Crippen molar-refractivity contribution in [3.63, 3.8) is 0 Å². The van der Waals surface area contributed by atoms with Gasteiger partial charge in [-0.2, -0.15) is 13.8 Å². The van der Waals surface area contributed by atoms with Crippen molar-refractivity contribution < 1.29 is 111 Å². The van der Waals surface area contributed by atoms with Gasteiger partial charge in [0.2, 0.25) is 0 Å². The molecule has 4 fully saturated rings. The molecule has 6 aliphatic heterocycles. The number of hydrogen-bond donors (Lipinski definition) is 2. The predicted molar refractivity (Wildman–Crippen MR) is 397 cm³/mol. The van der Waals surface area contributed by atoms with Crippen LogP contribution in [-0.2, 0) is 75.7 Å². The van der Waals surface area contributed by atoms with Crippen molar-refractivity contribution in [2.24, 2.45) is 0 Å². The molecule has 4 amide bonds. The number of alkyl halides is 1. The van der Waals surface area contributed by atoms with Gasteiger partial charge in [-0.25, -0.2) is 29.1 Å². The number of ether oxygens (including phenoxy) is 6. The first-order valence-electron chi connectivity index (χ1n) is 30.2. The average molecular weight is 1940 g/mol. The van der Waals surface area contributed by atoms with Crippen molar-refractivity contribution in [1.29, 1.82) is 0 Å². The zero-order valence-electron chi connectivity index (χ0n) is 58.8. The first kappa shape index (κ1) is 95.6. The summed E-state index contributed by atoms with van der Waals surface area (Å²) in [5.41, 5.74) is 4.68. The Morgan fingerprint density at radius 1 is 0.560 bits per heavy atom. The average Bonchev–Trinajstić information content (AvgIpc) is 1.55. The van der Waals surface area contributed by atoms with E-state index in [4.69, 9.17) is 45.1 Å². The molecular formula is C66H83Br4Cl3I2LiMgN9O14. The van der Waals surface area contributed by atoms with Gasteiger partial charge in [-0.1, -0.05) is 0 Å². The summed E-state index contributed by atoms with van der Waals surface area (Å²) in [6.07, 6.45) is 9.80. The van der Waals surface area contributed by atoms with Crippen molar-refractivity contribution in [2.45, 2.75) is 169 Å². The number of carbonyl (C=O) groups excluding carboxylic acids is 6. The number of fused-ring (bicyclic) bond motifs is 4. The standard InChI is InChI=1S/C15H18N2O4.C14H18BrClN2O3.C14H17BrN2O3.C8H13NO3.C6H5BrINO.C6H5BrIN.C3H7.2ClH.Li.Mg/c1-14(2,3)21-13(19)17-8-15(9-17)12-11(7-20-15)4-10(6-18)5-16-12;1-13(2,3)21-12(20)18-7-14(16,8-18)11-9(6-19)4-10(15)5-17-11;1-13(2,3)20-12(18)17-7-14(8-17)11-9(6-19-14)4-10(15)5-16-11;1-8(2,3)12-7(11)9-4-6(10)5-9;7-5-1-4(3-10)6(8)9-2-5;1-4-2-5(7)3-9-6(4)8;1-3-2;;;;/h4-6H,7-9H2,1-3H3;4-5,19H,6-8H2,1-3H3;4-5H,6-8H2,1-3H3;4-5H2,1-3H3;1-2,10H,3H2;2-3H,1H3;3H,1-2H3;2*1H;;/q;;;;;;-1;;;+1;+2/p-2. The molecule has 11 rings (SSSR count). The fourth-order valence-electron chi connectivity index (χ4n) is 9.32. The maximum Gasteiger partial charge on any atom is 2.00 e. The molecule has 542 valence electrons. The monoisotopic (exact) mass is 1930 g/mol. The van der Waals surface area contributed by atoms with Gasteiger partial charge in [0.15, 0.2) is 12.1 Å². The van der Waals surface area contributed by atoms with Gasteiger partial charge in [0.1, 0.15) is 45.9 Å². The van der Waals surface area contributed by atoms with Gasteiger partial charge in [-0.3, -0.25) is 29.4 Å². The number of rotatable bonds is 4. The number of carbonyl (C=O) groups is 6. The molecule has 2 N–H and O–H groups in total. The summed E-state index contributed by atoms with van der Waals surface area (Å²) < 4.78 is 38.3. The van der Waals surface area contributed by atoms with Crippen molar-refractivity contribution in [1.82, 2.24) is 44.5 Å². The summed E-state index contributed by atoms with van der Waals surface area (Å²) in [5.74, 6) is 0.0841. The number of aromatic nitrogens is 5. The van der Waals surface area contributed by atoms with Crippen LogP contribution in [0.15, 0.2) is 79.2 Å².